The monoisotopic (exact) mass is 250 g/mol. The summed E-state index contributed by atoms with van der Waals surface area (Å²) in [6, 6.07) is 4.84. The number of nitrogens with one attached hydrogen (secondary N) is 1. The fourth-order valence-electron chi connectivity index (χ4n) is 1.54. The smallest absolute Gasteiger partial charge is 0.345 e. The van der Waals surface area contributed by atoms with Gasteiger partial charge in [0.2, 0.25) is 0 Å². The molecule has 2 aromatic rings. The van der Waals surface area contributed by atoms with E-state index in [9.17, 15) is 9.18 Å². The predicted octanol–water partition coefficient (Wildman–Crippen LogP) is 1.59. The van der Waals surface area contributed by atoms with Crippen LogP contribution < -0.4 is 15.2 Å². The lowest BCUT2D eigenvalue weighted by Gasteiger charge is -2.08. The molecule has 0 saturated heterocycles. The quantitative estimate of drug-likeness (QED) is 0.898. The maximum Gasteiger partial charge on any atom is 0.345 e. The molecule has 2 rings (SSSR count). The summed E-state index contributed by atoms with van der Waals surface area (Å²) in [4.78, 5) is 16.8. The molecule has 0 aliphatic heterocycles. The van der Waals surface area contributed by atoms with Gasteiger partial charge < -0.3 is 14.5 Å². The van der Waals surface area contributed by atoms with Crippen LogP contribution in [0.2, 0.25) is 0 Å². The molecule has 0 spiro atoms. The first-order valence-corrected chi connectivity index (χ1v) is 5.12. The highest BCUT2D eigenvalue weighted by atomic mass is 19.1. The van der Waals surface area contributed by atoms with Crippen molar-refractivity contribution in [1.29, 1.82) is 0 Å². The van der Waals surface area contributed by atoms with Crippen LogP contribution in [0, 0.1) is 5.82 Å². The highest BCUT2D eigenvalue weighted by Gasteiger charge is 2.10. The highest BCUT2D eigenvalue weighted by Crippen LogP contribution is 2.29. The van der Waals surface area contributed by atoms with Crippen molar-refractivity contribution in [1.82, 2.24) is 9.97 Å². The van der Waals surface area contributed by atoms with Gasteiger partial charge in [-0.25, -0.2) is 9.18 Å². The third-order valence-corrected chi connectivity index (χ3v) is 2.41. The van der Waals surface area contributed by atoms with E-state index in [0.29, 0.717) is 17.1 Å². The van der Waals surface area contributed by atoms with Crippen molar-refractivity contribution >= 4 is 0 Å². The van der Waals surface area contributed by atoms with Gasteiger partial charge in [-0.1, -0.05) is 0 Å². The molecule has 0 unspecified atom stereocenters. The highest BCUT2D eigenvalue weighted by molar-refractivity contribution is 5.64. The summed E-state index contributed by atoms with van der Waals surface area (Å²) in [5.41, 5.74) is -0.122. The van der Waals surface area contributed by atoms with E-state index < -0.39 is 11.5 Å². The Morgan fingerprint density at radius 1 is 1.17 bits per heavy atom. The van der Waals surface area contributed by atoms with Gasteiger partial charge in [-0.15, -0.1) is 0 Å². The van der Waals surface area contributed by atoms with E-state index in [1.54, 1.807) is 18.2 Å². The molecule has 6 heteroatoms. The summed E-state index contributed by atoms with van der Waals surface area (Å²) in [7, 11) is 2.98. The number of methoxy groups -OCH3 is 2. The van der Waals surface area contributed by atoms with E-state index >= 15 is 0 Å². The number of hydrogen-bond acceptors (Lipinski definition) is 4. The standard InChI is InChI=1S/C12H11FN2O3/c1-17-8-3-7(4-9(5-8)18-2)11-10(13)6-14-12(16)15-11/h3-6H,1-2H3,(H,14,15,16). The molecule has 0 fully saturated rings. The minimum Gasteiger partial charge on any atom is -0.497 e. The Morgan fingerprint density at radius 3 is 2.33 bits per heavy atom. The maximum atomic E-state index is 13.6. The zero-order valence-electron chi connectivity index (χ0n) is 9.86. The minimum absolute atomic E-state index is 0.0483. The second kappa shape index (κ2) is 4.87. The van der Waals surface area contributed by atoms with Gasteiger partial charge in [0, 0.05) is 11.6 Å². The molecule has 0 atom stereocenters. The fourth-order valence-corrected chi connectivity index (χ4v) is 1.54. The predicted molar refractivity (Wildman–Crippen MR) is 63.4 cm³/mol. The Labute approximate surface area is 102 Å². The molecule has 1 N–H and O–H groups in total. The first kappa shape index (κ1) is 12.1. The van der Waals surface area contributed by atoms with Gasteiger partial charge >= 0.3 is 5.69 Å². The molecule has 0 aliphatic rings. The van der Waals surface area contributed by atoms with Crippen molar-refractivity contribution in [3.8, 4) is 22.8 Å². The van der Waals surface area contributed by atoms with E-state index in [0.717, 1.165) is 6.20 Å². The average Bonchev–Trinajstić information content (AvgIpc) is 2.40. The van der Waals surface area contributed by atoms with E-state index in [4.69, 9.17) is 9.47 Å². The van der Waals surface area contributed by atoms with Crippen LogP contribution in [0.4, 0.5) is 4.39 Å². The second-order valence-corrected chi connectivity index (χ2v) is 3.51. The van der Waals surface area contributed by atoms with Crippen LogP contribution in [0.15, 0.2) is 29.2 Å². The SMILES string of the molecule is COc1cc(OC)cc(-c2[nH]c(=O)ncc2F)c1. The summed E-state index contributed by atoms with van der Waals surface area (Å²) in [5.74, 6) is 0.382. The van der Waals surface area contributed by atoms with Crippen molar-refractivity contribution in [3.63, 3.8) is 0 Å². The summed E-state index contributed by atoms with van der Waals surface area (Å²) >= 11 is 0. The Bertz CT molecular complexity index is 603. The number of ether oxygens (including phenoxy) is 2. The Morgan fingerprint density at radius 2 is 1.78 bits per heavy atom. The van der Waals surface area contributed by atoms with Crippen LogP contribution in [-0.2, 0) is 0 Å². The molecular formula is C12H11FN2O3. The van der Waals surface area contributed by atoms with E-state index in [2.05, 4.69) is 9.97 Å². The number of aromatic amines is 1. The van der Waals surface area contributed by atoms with E-state index in [1.165, 1.54) is 14.2 Å². The molecule has 0 radical (unpaired) electrons. The maximum absolute atomic E-state index is 13.6. The molecule has 94 valence electrons. The average molecular weight is 250 g/mol. The molecule has 18 heavy (non-hydrogen) atoms. The summed E-state index contributed by atoms with van der Waals surface area (Å²) in [5, 5.41) is 0. The van der Waals surface area contributed by atoms with E-state index in [-0.39, 0.29) is 5.69 Å². The molecule has 0 saturated carbocycles. The van der Waals surface area contributed by atoms with Crippen LogP contribution in [0.25, 0.3) is 11.3 Å². The van der Waals surface area contributed by atoms with Gasteiger partial charge in [0.1, 0.15) is 11.5 Å². The van der Waals surface area contributed by atoms with Crippen molar-refractivity contribution in [2.45, 2.75) is 0 Å². The minimum atomic E-state index is -0.620. The number of benzene rings is 1. The van der Waals surface area contributed by atoms with Gasteiger partial charge in [-0.2, -0.15) is 4.98 Å². The number of hydrogen-bond donors (Lipinski definition) is 1. The van der Waals surface area contributed by atoms with Crippen LogP contribution in [0.5, 0.6) is 11.5 Å². The zero-order valence-corrected chi connectivity index (χ0v) is 9.86. The molecular weight excluding hydrogens is 239 g/mol. The van der Waals surface area contributed by atoms with Gasteiger partial charge in [0.15, 0.2) is 5.82 Å². The van der Waals surface area contributed by atoms with Gasteiger partial charge in [-0.3, -0.25) is 0 Å². The van der Waals surface area contributed by atoms with Gasteiger partial charge in [0.05, 0.1) is 26.1 Å². The number of nitrogens with zero attached hydrogens (tertiary/aromatic N) is 1. The van der Waals surface area contributed by atoms with Crippen molar-refractivity contribution in [3.05, 3.63) is 40.7 Å². The molecule has 5 nitrogen and oxygen atoms in total. The Kier molecular flexibility index (Phi) is 3.27. The van der Waals surface area contributed by atoms with Crippen molar-refractivity contribution in [2.75, 3.05) is 14.2 Å². The number of H-pyrrole nitrogens is 1. The summed E-state index contributed by atoms with van der Waals surface area (Å²) in [6.45, 7) is 0. The number of rotatable bonds is 3. The molecule has 0 aliphatic carbocycles. The third kappa shape index (κ3) is 2.32. The first-order chi connectivity index (χ1) is 8.63. The van der Waals surface area contributed by atoms with Crippen LogP contribution >= 0.6 is 0 Å². The van der Waals surface area contributed by atoms with Crippen molar-refractivity contribution in [2.24, 2.45) is 0 Å². The van der Waals surface area contributed by atoms with Crippen LogP contribution in [-0.4, -0.2) is 24.2 Å². The van der Waals surface area contributed by atoms with Crippen molar-refractivity contribution < 1.29 is 13.9 Å². The van der Waals surface area contributed by atoms with E-state index in [1.807, 2.05) is 0 Å². The van der Waals surface area contributed by atoms with Gasteiger partial charge in [0.25, 0.3) is 0 Å². The Hall–Kier alpha value is -2.37. The topological polar surface area (TPSA) is 64.2 Å². The molecule has 0 amide bonds. The second-order valence-electron chi connectivity index (χ2n) is 3.51. The van der Waals surface area contributed by atoms with Crippen LogP contribution in [0.3, 0.4) is 0 Å². The third-order valence-electron chi connectivity index (χ3n) is 2.41. The van der Waals surface area contributed by atoms with Crippen LogP contribution in [0.1, 0.15) is 0 Å². The Balaban J connectivity index is 2.62. The molecule has 1 aromatic carbocycles. The number of halogens is 1. The lowest BCUT2D eigenvalue weighted by molar-refractivity contribution is 0.394. The molecule has 1 aromatic heterocycles. The number of aromatic nitrogens is 2. The normalized spacial score (nSPS) is 10.2. The first-order valence-electron chi connectivity index (χ1n) is 5.12. The lowest BCUT2D eigenvalue weighted by Crippen LogP contribution is -2.11. The fraction of sp³-hybridized carbons (Fsp3) is 0.167. The molecule has 1 heterocycles. The summed E-state index contributed by atoms with van der Waals surface area (Å²) in [6.07, 6.45) is 0.875. The summed E-state index contributed by atoms with van der Waals surface area (Å²) < 4.78 is 23.8. The molecule has 0 bridgehead atoms. The largest absolute Gasteiger partial charge is 0.497 e. The lowest BCUT2D eigenvalue weighted by atomic mass is 10.1. The zero-order chi connectivity index (χ0) is 13.1. The van der Waals surface area contributed by atoms with Gasteiger partial charge in [-0.05, 0) is 12.1 Å².